The van der Waals surface area contributed by atoms with Crippen LogP contribution in [0, 0.1) is 6.92 Å². The molecule has 0 radical (unpaired) electrons. The minimum Gasteiger partial charge on any atom is -0.368 e. The molecule has 0 saturated heterocycles. The molecular weight excluding hydrogens is 229 g/mol. The van der Waals surface area contributed by atoms with Gasteiger partial charge in [0, 0.05) is 18.3 Å². The van der Waals surface area contributed by atoms with Crippen LogP contribution in [0.2, 0.25) is 0 Å². The molecule has 5 heteroatoms. The quantitative estimate of drug-likeness (QED) is 0.753. The van der Waals surface area contributed by atoms with Crippen LogP contribution in [0.3, 0.4) is 0 Å². The highest BCUT2D eigenvalue weighted by atomic mass is 35.5. The highest BCUT2D eigenvalue weighted by Gasteiger charge is 2.03. The van der Waals surface area contributed by atoms with Gasteiger partial charge in [0.1, 0.15) is 6.67 Å². The second-order valence-electron chi connectivity index (χ2n) is 3.75. The summed E-state index contributed by atoms with van der Waals surface area (Å²) in [5.74, 6) is 0.888. The van der Waals surface area contributed by atoms with E-state index in [-0.39, 0.29) is 19.1 Å². The van der Waals surface area contributed by atoms with Crippen LogP contribution in [0.15, 0.2) is 6.20 Å². The fourth-order valence-corrected chi connectivity index (χ4v) is 1.48. The third kappa shape index (κ3) is 4.84. The molecule has 94 valence electrons. The van der Waals surface area contributed by atoms with Crippen LogP contribution < -0.4 is 5.32 Å². The molecule has 0 aliphatic carbocycles. The van der Waals surface area contributed by atoms with E-state index in [2.05, 4.69) is 17.3 Å². The Hall–Kier alpha value is -0.770. The monoisotopic (exact) mass is 249 g/mol. The number of halogens is 2. The fourth-order valence-electron chi connectivity index (χ4n) is 1.48. The molecule has 0 fully saturated rings. The average Bonchev–Trinajstić information content (AvgIpc) is 2.55. The normalized spacial score (nSPS) is 9.94. The molecule has 16 heavy (non-hydrogen) atoms. The molecule has 0 atom stereocenters. The molecule has 0 aliphatic heterocycles. The molecule has 0 spiro atoms. The molecule has 1 rings (SSSR count). The summed E-state index contributed by atoms with van der Waals surface area (Å²) in [6.07, 6.45) is 5.49. The first kappa shape index (κ1) is 15.2. The summed E-state index contributed by atoms with van der Waals surface area (Å²) in [5, 5.41) is 7.53. The number of nitrogens with zero attached hydrogens (tertiary/aromatic N) is 2. The SMILES string of the molecule is CCCCCNc1nn(CCF)cc1C.Cl. The van der Waals surface area contributed by atoms with Crippen molar-refractivity contribution in [1.29, 1.82) is 0 Å². The summed E-state index contributed by atoms with van der Waals surface area (Å²) in [6, 6.07) is 0. The summed E-state index contributed by atoms with van der Waals surface area (Å²) in [7, 11) is 0. The first-order chi connectivity index (χ1) is 7.27. The minimum atomic E-state index is -0.365. The number of unbranched alkanes of at least 4 members (excludes halogenated alkanes) is 2. The number of rotatable bonds is 7. The number of alkyl halides is 1. The maximum absolute atomic E-state index is 12.1. The lowest BCUT2D eigenvalue weighted by atomic mass is 10.2. The summed E-state index contributed by atoms with van der Waals surface area (Å²) in [6.45, 7) is 5.10. The molecule has 0 unspecified atom stereocenters. The van der Waals surface area contributed by atoms with Crippen molar-refractivity contribution in [3.63, 3.8) is 0 Å². The summed E-state index contributed by atoms with van der Waals surface area (Å²) in [5.41, 5.74) is 1.08. The van der Waals surface area contributed by atoms with Gasteiger partial charge in [0.25, 0.3) is 0 Å². The van der Waals surface area contributed by atoms with Gasteiger partial charge in [0.15, 0.2) is 5.82 Å². The molecule has 0 bridgehead atoms. The van der Waals surface area contributed by atoms with Crippen molar-refractivity contribution in [3.05, 3.63) is 11.8 Å². The standard InChI is InChI=1S/C11H20FN3.ClH/c1-3-4-5-7-13-11-10(2)9-15(14-11)8-6-12;/h9H,3-8H2,1-2H3,(H,13,14);1H. The van der Waals surface area contributed by atoms with Gasteiger partial charge in [0.05, 0.1) is 6.54 Å². The van der Waals surface area contributed by atoms with Gasteiger partial charge in [0.2, 0.25) is 0 Å². The number of nitrogens with one attached hydrogen (secondary N) is 1. The van der Waals surface area contributed by atoms with E-state index < -0.39 is 0 Å². The molecule has 1 aromatic rings. The van der Waals surface area contributed by atoms with Crippen molar-refractivity contribution < 1.29 is 4.39 Å². The van der Waals surface area contributed by atoms with E-state index >= 15 is 0 Å². The van der Waals surface area contributed by atoms with E-state index in [4.69, 9.17) is 0 Å². The largest absolute Gasteiger partial charge is 0.368 e. The lowest BCUT2D eigenvalue weighted by Gasteiger charge is -2.02. The van der Waals surface area contributed by atoms with E-state index in [1.807, 2.05) is 13.1 Å². The van der Waals surface area contributed by atoms with Gasteiger partial charge in [-0.1, -0.05) is 19.8 Å². The molecule has 0 saturated carbocycles. The predicted molar refractivity (Wildman–Crippen MR) is 68.2 cm³/mol. The van der Waals surface area contributed by atoms with Crippen molar-refractivity contribution in [2.45, 2.75) is 39.7 Å². The molecule has 0 amide bonds. The van der Waals surface area contributed by atoms with Crippen molar-refractivity contribution in [3.8, 4) is 0 Å². The smallest absolute Gasteiger partial charge is 0.150 e. The molecule has 0 aromatic carbocycles. The van der Waals surface area contributed by atoms with Gasteiger partial charge >= 0.3 is 0 Å². The van der Waals surface area contributed by atoms with Crippen molar-refractivity contribution in [1.82, 2.24) is 9.78 Å². The van der Waals surface area contributed by atoms with E-state index in [9.17, 15) is 4.39 Å². The molecule has 1 aromatic heterocycles. The summed E-state index contributed by atoms with van der Waals surface area (Å²) < 4.78 is 13.7. The third-order valence-corrected chi connectivity index (χ3v) is 2.33. The molecule has 3 nitrogen and oxygen atoms in total. The zero-order valence-corrected chi connectivity index (χ0v) is 10.8. The third-order valence-electron chi connectivity index (χ3n) is 2.33. The number of hydrogen-bond donors (Lipinski definition) is 1. The zero-order valence-electron chi connectivity index (χ0n) is 10.0. The summed E-state index contributed by atoms with van der Waals surface area (Å²) in [4.78, 5) is 0. The van der Waals surface area contributed by atoms with Crippen LogP contribution >= 0.6 is 12.4 Å². The van der Waals surface area contributed by atoms with E-state index in [1.54, 1.807) is 4.68 Å². The maximum atomic E-state index is 12.1. The van der Waals surface area contributed by atoms with Crippen LogP contribution in [0.1, 0.15) is 31.7 Å². The highest BCUT2D eigenvalue weighted by Crippen LogP contribution is 2.11. The Balaban J connectivity index is 0.00000225. The van der Waals surface area contributed by atoms with Crippen LogP contribution in [0.4, 0.5) is 10.2 Å². The van der Waals surface area contributed by atoms with Crippen LogP contribution in [0.5, 0.6) is 0 Å². The van der Waals surface area contributed by atoms with Gasteiger partial charge in [-0.25, -0.2) is 4.39 Å². The van der Waals surface area contributed by atoms with E-state index in [1.165, 1.54) is 12.8 Å². The Labute approximate surface area is 103 Å². The molecular formula is C11H21ClFN3. The number of aryl methyl sites for hydroxylation is 2. The van der Waals surface area contributed by atoms with Crippen LogP contribution in [0.25, 0.3) is 0 Å². The minimum absolute atomic E-state index is 0. The van der Waals surface area contributed by atoms with Crippen LogP contribution in [-0.4, -0.2) is 23.0 Å². The maximum Gasteiger partial charge on any atom is 0.150 e. The number of hydrogen-bond acceptors (Lipinski definition) is 2. The van der Waals surface area contributed by atoms with Gasteiger partial charge in [-0.2, -0.15) is 5.10 Å². The second kappa shape index (κ2) is 8.39. The van der Waals surface area contributed by atoms with E-state index in [0.717, 1.165) is 24.3 Å². The molecule has 1 N–H and O–H groups in total. The number of aromatic nitrogens is 2. The predicted octanol–water partition coefficient (Wildman–Crippen LogP) is 3.18. The Morgan fingerprint density at radius 2 is 2.19 bits per heavy atom. The average molecular weight is 250 g/mol. The van der Waals surface area contributed by atoms with Gasteiger partial charge in [-0.05, 0) is 13.3 Å². The zero-order chi connectivity index (χ0) is 11.1. The highest BCUT2D eigenvalue weighted by molar-refractivity contribution is 5.85. The van der Waals surface area contributed by atoms with Crippen molar-refractivity contribution in [2.24, 2.45) is 0 Å². The lowest BCUT2D eigenvalue weighted by molar-refractivity contribution is 0.427. The summed E-state index contributed by atoms with van der Waals surface area (Å²) >= 11 is 0. The Morgan fingerprint density at radius 1 is 1.44 bits per heavy atom. The Bertz CT molecular complexity index is 289. The van der Waals surface area contributed by atoms with Crippen molar-refractivity contribution >= 4 is 18.2 Å². The first-order valence-corrected chi connectivity index (χ1v) is 5.61. The van der Waals surface area contributed by atoms with E-state index in [0.29, 0.717) is 6.54 Å². The molecule has 1 heterocycles. The lowest BCUT2D eigenvalue weighted by Crippen LogP contribution is -2.05. The van der Waals surface area contributed by atoms with Crippen molar-refractivity contribution in [2.75, 3.05) is 18.5 Å². The first-order valence-electron chi connectivity index (χ1n) is 5.61. The Morgan fingerprint density at radius 3 is 2.81 bits per heavy atom. The Kier molecular flexibility index (Phi) is 7.99. The topological polar surface area (TPSA) is 29.9 Å². The number of anilines is 1. The van der Waals surface area contributed by atoms with Gasteiger partial charge in [-0.3, -0.25) is 4.68 Å². The second-order valence-corrected chi connectivity index (χ2v) is 3.75. The van der Waals surface area contributed by atoms with Crippen LogP contribution in [-0.2, 0) is 6.54 Å². The fraction of sp³-hybridized carbons (Fsp3) is 0.727. The van der Waals surface area contributed by atoms with Gasteiger partial charge in [-0.15, -0.1) is 12.4 Å². The van der Waals surface area contributed by atoms with Gasteiger partial charge < -0.3 is 5.32 Å². The molecule has 0 aliphatic rings.